The first-order valence-electron chi connectivity index (χ1n) is 12.8. The summed E-state index contributed by atoms with van der Waals surface area (Å²) in [6, 6.07) is 17.4. The third-order valence-corrected chi connectivity index (χ3v) is 7.78. The third-order valence-electron chi connectivity index (χ3n) is 7.78. The zero-order valence-electron chi connectivity index (χ0n) is 21.2. The molecule has 3 atom stereocenters. The molecule has 192 valence electrons. The number of nitrogens with one attached hydrogen (secondary N) is 2. The van der Waals surface area contributed by atoms with E-state index in [0.717, 1.165) is 29.8 Å². The van der Waals surface area contributed by atoms with Crippen LogP contribution in [0.15, 0.2) is 64.2 Å². The number of H-pyrrole nitrogens is 2. The Morgan fingerprint density at radius 2 is 1.92 bits per heavy atom. The molecule has 0 saturated carbocycles. The van der Waals surface area contributed by atoms with Crippen LogP contribution in [0.4, 0.5) is 0 Å². The van der Waals surface area contributed by atoms with E-state index in [2.05, 4.69) is 21.9 Å². The molecule has 9 heteroatoms. The lowest BCUT2D eigenvalue weighted by Crippen LogP contribution is -2.33. The summed E-state index contributed by atoms with van der Waals surface area (Å²) in [6.07, 6.45) is 0.804. The van der Waals surface area contributed by atoms with Gasteiger partial charge in [-0.2, -0.15) is 0 Å². The second-order valence-corrected chi connectivity index (χ2v) is 10.1. The Hall–Kier alpha value is -4.37. The fourth-order valence-corrected chi connectivity index (χ4v) is 5.79. The number of aromatic nitrogens is 4. The van der Waals surface area contributed by atoms with Crippen LogP contribution < -0.4 is 20.6 Å². The zero-order valence-corrected chi connectivity index (χ0v) is 21.2. The average Bonchev–Trinajstić information content (AvgIpc) is 3.44. The van der Waals surface area contributed by atoms with Gasteiger partial charge in [-0.05, 0) is 48.4 Å². The lowest BCUT2D eigenvalue weighted by Gasteiger charge is -2.21. The number of fused-ring (bicyclic) bond motifs is 5. The van der Waals surface area contributed by atoms with Gasteiger partial charge in [-0.1, -0.05) is 24.3 Å². The molecule has 2 aromatic heterocycles. The van der Waals surface area contributed by atoms with Gasteiger partial charge in [0.05, 0.1) is 30.1 Å². The SMILES string of the molecule is COc1cccc(-c2cc3c4nc(c(=O)[nH]c4c2)-c2cccc4c(=O)n([nH]c24)CCN2CC(C[C@H]2C)O3)c1. The summed E-state index contributed by atoms with van der Waals surface area (Å²) in [4.78, 5) is 36.8. The predicted octanol–water partition coefficient (Wildman–Crippen LogP) is 3.76. The fourth-order valence-electron chi connectivity index (χ4n) is 5.79. The normalized spacial score (nSPS) is 20.6. The van der Waals surface area contributed by atoms with Crippen LogP contribution in [0.2, 0.25) is 0 Å². The molecule has 0 aliphatic carbocycles. The minimum atomic E-state index is -0.333. The van der Waals surface area contributed by atoms with Crippen molar-refractivity contribution in [1.29, 1.82) is 0 Å². The quantitative estimate of drug-likeness (QED) is 0.375. The molecule has 2 unspecified atom stereocenters. The second kappa shape index (κ2) is 8.59. The highest BCUT2D eigenvalue weighted by molar-refractivity contribution is 5.94. The summed E-state index contributed by atoms with van der Waals surface area (Å²) >= 11 is 0. The Balaban J connectivity index is 1.50. The smallest absolute Gasteiger partial charge is 0.275 e. The Labute approximate surface area is 217 Å². The number of nitrogens with zero attached hydrogens (tertiary/aromatic N) is 3. The second-order valence-electron chi connectivity index (χ2n) is 10.1. The van der Waals surface area contributed by atoms with E-state index in [9.17, 15) is 9.59 Å². The lowest BCUT2D eigenvalue weighted by molar-refractivity contribution is 0.195. The number of hydrogen-bond acceptors (Lipinski definition) is 6. The van der Waals surface area contributed by atoms with Crippen molar-refractivity contribution in [3.05, 3.63) is 75.3 Å². The van der Waals surface area contributed by atoms with E-state index >= 15 is 0 Å². The average molecular weight is 510 g/mol. The number of benzene rings is 3. The van der Waals surface area contributed by atoms with Gasteiger partial charge in [0.25, 0.3) is 11.1 Å². The van der Waals surface area contributed by atoms with Crippen LogP contribution in [-0.4, -0.2) is 57.0 Å². The summed E-state index contributed by atoms with van der Waals surface area (Å²) in [5, 5.41) is 3.79. The van der Waals surface area contributed by atoms with Crippen LogP contribution in [0.5, 0.6) is 11.5 Å². The molecule has 2 N–H and O–H groups in total. The Morgan fingerprint density at radius 3 is 2.79 bits per heavy atom. The molecule has 5 aromatic rings. The first kappa shape index (κ1) is 22.8. The minimum Gasteiger partial charge on any atom is -0.497 e. The van der Waals surface area contributed by atoms with E-state index in [1.165, 1.54) is 0 Å². The van der Waals surface area contributed by atoms with Gasteiger partial charge in [0.15, 0.2) is 0 Å². The number of methoxy groups -OCH3 is 1. The van der Waals surface area contributed by atoms with Gasteiger partial charge in [0, 0.05) is 31.1 Å². The predicted molar refractivity (Wildman–Crippen MR) is 146 cm³/mol. The van der Waals surface area contributed by atoms with Crippen molar-refractivity contribution in [3.63, 3.8) is 0 Å². The fraction of sp³-hybridized carbons (Fsp3) is 0.276. The minimum absolute atomic E-state index is 0.0484. The van der Waals surface area contributed by atoms with Crippen LogP contribution in [-0.2, 0) is 6.54 Å². The highest BCUT2D eigenvalue weighted by atomic mass is 16.5. The van der Waals surface area contributed by atoms with Gasteiger partial charge < -0.3 is 14.5 Å². The van der Waals surface area contributed by atoms with Crippen LogP contribution in [0.1, 0.15) is 13.3 Å². The first-order chi connectivity index (χ1) is 18.5. The Kier molecular flexibility index (Phi) is 5.16. The Morgan fingerprint density at radius 1 is 1.05 bits per heavy atom. The number of rotatable bonds is 2. The van der Waals surface area contributed by atoms with Gasteiger partial charge in [-0.3, -0.25) is 24.3 Å². The van der Waals surface area contributed by atoms with Gasteiger partial charge in [0.1, 0.15) is 28.8 Å². The van der Waals surface area contributed by atoms with Crippen LogP contribution in [0, 0.1) is 0 Å². The van der Waals surface area contributed by atoms with E-state index in [-0.39, 0.29) is 22.9 Å². The molecule has 0 amide bonds. The van der Waals surface area contributed by atoms with E-state index in [4.69, 9.17) is 14.5 Å². The highest BCUT2D eigenvalue weighted by Crippen LogP contribution is 2.35. The van der Waals surface area contributed by atoms with Crippen molar-refractivity contribution in [2.24, 2.45) is 0 Å². The van der Waals surface area contributed by atoms with Gasteiger partial charge >= 0.3 is 0 Å². The molecular weight excluding hydrogens is 482 g/mol. The standard InChI is InChI=1S/C29H27N5O4/c1-16-11-20-15-33(16)9-10-34-29(36)22-8-4-7-21(25(22)32-34)26-28(35)30-23-13-18(14-24(38-20)27(23)31-26)17-5-3-6-19(12-17)37-2/h3-8,12-14,16,20,32H,9-11,15H2,1-2H3,(H,30,35)/t16-,20?/m1/s1. The summed E-state index contributed by atoms with van der Waals surface area (Å²) < 4.78 is 13.7. The maximum absolute atomic E-state index is 13.4. The molecule has 7 rings (SSSR count). The topological polar surface area (TPSA) is 105 Å². The molecule has 9 nitrogen and oxygen atoms in total. The van der Waals surface area contributed by atoms with E-state index in [0.29, 0.717) is 52.4 Å². The highest BCUT2D eigenvalue weighted by Gasteiger charge is 2.31. The molecular formula is C29H27N5O4. The molecule has 0 spiro atoms. The molecule has 1 saturated heterocycles. The third kappa shape index (κ3) is 3.61. The molecule has 1 fully saturated rings. The molecule has 0 radical (unpaired) electrons. The van der Waals surface area contributed by atoms with E-state index < -0.39 is 0 Å². The molecule has 2 aliphatic rings. The molecule has 2 aliphatic heterocycles. The van der Waals surface area contributed by atoms with Crippen molar-refractivity contribution in [2.45, 2.75) is 32.0 Å². The number of hydrogen-bond donors (Lipinski definition) is 2. The lowest BCUT2D eigenvalue weighted by atomic mass is 10.0. The van der Waals surface area contributed by atoms with Crippen LogP contribution in [0.3, 0.4) is 0 Å². The van der Waals surface area contributed by atoms with Crippen molar-refractivity contribution >= 4 is 21.9 Å². The Bertz CT molecular complexity index is 1840. The van der Waals surface area contributed by atoms with Crippen LogP contribution in [0.25, 0.3) is 44.3 Å². The van der Waals surface area contributed by atoms with Crippen molar-refractivity contribution in [2.75, 3.05) is 20.2 Å². The monoisotopic (exact) mass is 509 g/mol. The number of para-hydroxylation sites is 1. The summed E-state index contributed by atoms with van der Waals surface area (Å²) in [5.41, 5.74) is 4.00. The van der Waals surface area contributed by atoms with Crippen molar-refractivity contribution in [3.8, 4) is 33.9 Å². The zero-order chi connectivity index (χ0) is 26.0. The molecule has 6 bridgehead atoms. The van der Waals surface area contributed by atoms with Crippen molar-refractivity contribution < 1.29 is 9.47 Å². The van der Waals surface area contributed by atoms with Gasteiger partial charge in [-0.25, -0.2) is 4.98 Å². The summed E-state index contributed by atoms with van der Waals surface area (Å²) in [5.74, 6) is 1.36. The maximum atomic E-state index is 13.4. The molecule has 4 heterocycles. The van der Waals surface area contributed by atoms with Crippen LogP contribution >= 0.6 is 0 Å². The molecule has 38 heavy (non-hydrogen) atoms. The van der Waals surface area contributed by atoms with Gasteiger partial charge in [0.2, 0.25) is 0 Å². The molecule has 3 aromatic carbocycles. The largest absolute Gasteiger partial charge is 0.497 e. The number of ether oxygens (including phenoxy) is 2. The summed E-state index contributed by atoms with van der Waals surface area (Å²) in [7, 11) is 1.64. The van der Waals surface area contributed by atoms with E-state index in [1.807, 2.05) is 42.5 Å². The maximum Gasteiger partial charge on any atom is 0.275 e. The van der Waals surface area contributed by atoms with E-state index in [1.54, 1.807) is 23.9 Å². The summed E-state index contributed by atoms with van der Waals surface area (Å²) in [6.45, 7) is 4.16. The number of aromatic amines is 2. The van der Waals surface area contributed by atoms with Crippen molar-refractivity contribution in [1.82, 2.24) is 24.6 Å². The van der Waals surface area contributed by atoms with Gasteiger partial charge in [-0.15, -0.1) is 0 Å². The first-order valence-corrected chi connectivity index (χ1v) is 12.8.